The highest BCUT2D eigenvalue weighted by Gasteiger charge is 2.33. The fourth-order valence-electron chi connectivity index (χ4n) is 2.37. The maximum absolute atomic E-state index is 11.8. The zero-order chi connectivity index (χ0) is 14.4. The first-order valence-corrected chi connectivity index (χ1v) is 8.01. The van der Waals surface area contributed by atoms with Crippen molar-refractivity contribution in [2.45, 2.75) is 30.1 Å². The predicted molar refractivity (Wildman–Crippen MR) is 82.4 cm³/mol. The molecule has 0 bridgehead atoms. The zero-order valence-corrected chi connectivity index (χ0v) is 12.4. The molecule has 5 heteroatoms. The molecule has 1 aliphatic heterocycles. The number of thioether (sulfide) groups is 1. The summed E-state index contributed by atoms with van der Waals surface area (Å²) in [5, 5.41) is 0.608. The van der Waals surface area contributed by atoms with E-state index in [1.807, 2.05) is 42.1 Å². The summed E-state index contributed by atoms with van der Waals surface area (Å²) in [5.74, 6) is 0.371. The standard InChI is InChI=1S/C15H22N2O2S/c16-14(18)15(17,12-4-2-1-3-5-12)8-11-20-13-6-9-19-10-7-13/h1-5,13H,6-11,17H2,(H2,16,18). The first kappa shape index (κ1) is 15.4. The van der Waals surface area contributed by atoms with E-state index in [9.17, 15) is 4.79 Å². The Balaban J connectivity index is 1.94. The zero-order valence-electron chi connectivity index (χ0n) is 11.6. The average Bonchev–Trinajstić information content (AvgIpc) is 2.49. The van der Waals surface area contributed by atoms with Crippen LogP contribution in [0.15, 0.2) is 30.3 Å². The molecule has 1 saturated heterocycles. The topological polar surface area (TPSA) is 78.3 Å². The van der Waals surface area contributed by atoms with Crippen molar-refractivity contribution in [3.8, 4) is 0 Å². The van der Waals surface area contributed by atoms with E-state index >= 15 is 0 Å². The van der Waals surface area contributed by atoms with Crippen molar-refractivity contribution in [1.29, 1.82) is 0 Å². The highest BCUT2D eigenvalue weighted by atomic mass is 32.2. The van der Waals surface area contributed by atoms with Crippen LogP contribution in [0.2, 0.25) is 0 Å². The highest BCUT2D eigenvalue weighted by molar-refractivity contribution is 7.99. The second-order valence-corrected chi connectivity index (χ2v) is 6.54. The molecule has 4 nitrogen and oxygen atoms in total. The van der Waals surface area contributed by atoms with E-state index in [-0.39, 0.29) is 0 Å². The van der Waals surface area contributed by atoms with Gasteiger partial charge in [0.15, 0.2) is 0 Å². The monoisotopic (exact) mass is 294 g/mol. The minimum Gasteiger partial charge on any atom is -0.381 e. The third kappa shape index (κ3) is 3.75. The van der Waals surface area contributed by atoms with Crippen LogP contribution in [0, 0.1) is 0 Å². The average molecular weight is 294 g/mol. The van der Waals surface area contributed by atoms with E-state index in [0.717, 1.165) is 37.4 Å². The fourth-order valence-corrected chi connectivity index (χ4v) is 3.67. The van der Waals surface area contributed by atoms with E-state index in [4.69, 9.17) is 16.2 Å². The van der Waals surface area contributed by atoms with Gasteiger partial charge in [-0.15, -0.1) is 0 Å². The van der Waals surface area contributed by atoms with Crippen molar-refractivity contribution in [2.75, 3.05) is 19.0 Å². The van der Waals surface area contributed by atoms with Gasteiger partial charge in [0.25, 0.3) is 0 Å². The molecule has 20 heavy (non-hydrogen) atoms. The molecule has 0 spiro atoms. The number of benzene rings is 1. The number of hydrogen-bond donors (Lipinski definition) is 2. The van der Waals surface area contributed by atoms with E-state index < -0.39 is 11.4 Å². The summed E-state index contributed by atoms with van der Waals surface area (Å²) < 4.78 is 5.34. The molecule has 1 aromatic carbocycles. The van der Waals surface area contributed by atoms with E-state index in [1.165, 1.54) is 0 Å². The molecule has 2 rings (SSSR count). The minimum atomic E-state index is -1.07. The molecule has 1 aromatic rings. The number of rotatable bonds is 6. The Labute approximate surface area is 124 Å². The molecule has 4 N–H and O–H groups in total. The largest absolute Gasteiger partial charge is 0.381 e. The van der Waals surface area contributed by atoms with Crippen molar-refractivity contribution in [3.63, 3.8) is 0 Å². The van der Waals surface area contributed by atoms with Crippen LogP contribution in [0.3, 0.4) is 0 Å². The summed E-state index contributed by atoms with van der Waals surface area (Å²) in [6, 6.07) is 9.40. The van der Waals surface area contributed by atoms with Gasteiger partial charge >= 0.3 is 0 Å². The molecule has 0 saturated carbocycles. The van der Waals surface area contributed by atoms with Crippen LogP contribution in [-0.2, 0) is 15.1 Å². The summed E-state index contributed by atoms with van der Waals surface area (Å²) in [6.07, 6.45) is 2.71. The van der Waals surface area contributed by atoms with Gasteiger partial charge < -0.3 is 16.2 Å². The predicted octanol–water partition coefficient (Wildman–Crippen LogP) is 1.63. The van der Waals surface area contributed by atoms with Gasteiger partial charge in [-0.3, -0.25) is 4.79 Å². The van der Waals surface area contributed by atoms with Crippen LogP contribution in [0.4, 0.5) is 0 Å². The molecular weight excluding hydrogens is 272 g/mol. The number of amides is 1. The van der Waals surface area contributed by atoms with Gasteiger partial charge in [-0.25, -0.2) is 0 Å². The number of hydrogen-bond acceptors (Lipinski definition) is 4. The van der Waals surface area contributed by atoms with Crippen molar-refractivity contribution in [2.24, 2.45) is 11.5 Å². The van der Waals surface area contributed by atoms with Crippen LogP contribution in [0.1, 0.15) is 24.8 Å². The summed E-state index contributed by atoms with van der Waals surface area (Å²) in [7, 11) is 0. The van der Waals surface area contributed by atoms with Gasteiger partial charge in [0.05, 0.1) is 0 Å². The van der Waals surface area contributed by atoms with Crippen LogP contribution in [-0.4, -0.2) is 30.1 Å². The number of primary amides is 1. The second kappa shape index (κ2) is 7.11. The lowest BCUT2D eigenvalue weighted by atomic mass is 9.88. The first-order chi connectivity index (χ1) is 9.63. The molecule has 0 aromatic heterocycles. The molecular formula is C15H22N2O2S. The Morgan fingerprint density at radius 3 is 2.55 bits per heavy atom. The Bertz CT molecular complexity index is 435. The number of carbonyl (C=O) groups is 1. The van der Waals surface area contributed by atoms with Crippen LogP contribution >= 0.6 is 11.8 Å². The van der Waals surface area contributed by atoms with Gasteiger partial charge in [0.2, 0.25) is 5.91 Å². The van der Waals surface area contributed by atoms with E-state index in [1.54, 1.807) is 0 Å². The lowest BCUT2D eigenvalue weighted by Crippen LogP contribution is -2.49. The molecule has 110 valence electrons. The maximum Gasteiger partial charge on any atom is 0.242 e. The molecule has 0 radical (unpaired) electrons. The molecule has 1 aliphatic rings. The second-order valence-electron chi connectivity index (χ2n) is 5.13. The summed E-state index contributed by atoms with van der Waals surface area (Å²) in [5.41, 5.74) is 11.5. The van der Waals surface area contributed by atoms with Crippen LogP contribution in [0.5, 0.6) is 0 Å². The number of ether oxygens (including phenoxy) is 1. The highest BCUT2D eigenvalue weighted by Crippen LogP contribution is 2.28. The van der Waals surface area contributed by atoms with Gasteiger partial charge in [-0.1, -0.05) is 30.3 Å². The first-order valence-electron chi connectivity index (χ1n) is 6.96. The van der Waals surface area contributed by atoms with Crippen molar-refractivity contribution in [3.05, 3.63) is 35.9 Å². The normalized spacial score (nSPS) is 19.4. The van der Waals surface area contributed by atoms with Crippen molar-refractivity contribution >= 4 is 17.7 Å². The molecule has 0 aliphatic carbocycles. The molecule has 1 atom stereocenters. The Hall–Kier alpha value is -1.04. The van der Waals surface area contributed by atoms with E-state index in [2.05, 4.69) is 0 Å². The van der Waals surface area contributed by atoms with Crippen molar-refractivity contribution < 1.29 is 9.53 Å². The van der Waals surface area contributed by atoms with Gasteiger partial charge in [0.1, 0.15) is 5.54 Å². The third-order valence-electron chi connectivity index (χ3n) is 3.75. The Morgan fingerprint density at radius 2 is 1.95 bits per heavy atom. The SMILES string of the molecule is NC(=O)C(N)(CCSC1CCOCC1)c1ccccc1. The quantitative estimate of drug-likeness (QED) is 0.836. The van der Waals surface area contributed by atoms with Crippen LogP contribution < -0.4 is 11.5 Å². The minimum absolute atomic E-state index is 0.462. The summed E-state index contributed by atoms with van der Waals surface area (Å²) in [6.45, 7) is 1.67. The maximum atomic E-state index is 11.8. The molecule has 1 amide bonds. The third-order valence-corrected chi connectivity index (χ3v) is 5.13. The lowest BCUT2D eigenvalue weighted by molar-refractivity contribution is -0.123. The number of carbonyl (C=O) groups excluding carboxylic acids is 1. The van der Waals surface area contributed by atoms with Gasteiger partial charge in [-0.2, -0.15) is 11.8 Å². The molecule has 1 heterocycles. The lowest BCUT2D eigenvalue weighted by Gasteiger charge is -2.28. The van der Waals surface area contributed by atoms with Crippen LogP contribution in [0.25, 0.3) is 0 Å². The fraction of sp³-hybridized carbons (Fsp3) is 0.533. The van der Waals surface area contributed by atoms with E-state index in [0.29, 0.717) is 11.7 Å². The Morgan fingerprint density at radius 1 is 1.30 bits per heavy atom. The number of nitrogens with two attached hydrogens (primary N) is 2. The Kier molecular flexibility index (Phi) is 5.46. The summed E-state index contributed by atoms with van der Waals surface area (Å²) in [4.78, 5) is 11.8. The summed E-state index contributed by atoms with van der Waals surface area (Å²) >= 11 is 1.87. The van der Waals surface area contributed by atoms with Gasteiger partial charge in [0, 0.05) is 18.5 Å². The molecule has 1 unspecified atom stereocenters. The molecule has 1 fully saturated rings. The van der Waals surface area contributed by atoms with Gasteiger partial charge in [-0.05, 0) is 30.6 Å². The van der Waals surface area contributed by atoms with Crippen molar-refractivity contribution in [1.82, 2.24) is 0 Å². The smallest absolute Gasteiger partial charge is 0.242 e.